The SMILES string of the molecule is CC(C)(C)OC(=O)N1CCC2CC21C(=O)[O-]. The van der Waals surface area contributed by atoms with Crippen molar-refractivity contribution in [2.75, 3.05) is 6.54 Å². The lowest BCUT2D eigenvalue weighted by molar-refractivity contribution is -0.313. The van der Waals surface area contributed by atoms with E-state index in [4.69, 9.17) is 4.74 Å². The number of carbonyl (C=O) groups excluding carboxylic acids is 2. The summed E-state index contributed by atoms with van der Waals surface area (Å²) in [5.41, 5.74) is -1.67. The Morgan fingerprint density at radius 2 is 2.06 bits per heavy atom. The molecule has 0 N–H and O–H groups in total. The molecule has 0 aromatic carbocycles. The molecule has 1 aliphatic heterocycles. The minimum Gasteiger partial charge on any atom is -0.548 e. The van der Waals surface area contributed by atoms with Gasteiger partial charge < -0.3 is 14.6 Å². The maximum atomic E-state index is 11.8. The van der Waals surface area contributed by atoms with Gasteiger partial charge in [-0.15, -0.1) is 0 Å². The Kier molecular flexibility index (Phi) is 2.19. The predicted molar refractivity (Wildman–Crippen MR) is 53.4 cm³/mol. The first kappa shape index (κ1) is 11.2. The van der Waals surface area contributed by atoms with Crippen LogP contribution >= 0.6 is 0 Å². The number of hydrogen-bond donors (Lipinski definition) is 0. The summed E-state index contributed by atoms with van der Waals surface area (Å²) in [6, 6.07) is 0. The number of carbonyl (C=O) groups is 2. The Morgan fingerprint density at radius 1 is 1.44 bits per heavy atom. The molecule has 2 fully saturated rings. The van der Waals surface area contributed by atoms with Gasteiger partial charge in [-0.1, -0.05) is 0 Å². The normalized spacial score (nSPS) is 32.2. The molecule has 0 aromatic rings. The van der Waals surface area contributed by atoms with Crippen molar-refractivity contribution in [2.24, 2.45) is 5.92 Å². The molecule has 90 valence electrons. The van der Waals surface area contributed by atoms with Gasteiger partial charge in [0.2, 0.25) is 0 Å². The van der Waals surface area contributed by atoms with Crippen LogP contribution in [0, 0.1) is 5.92 Å². The van der Waals surface area contributed by atoms with E-state index in [0.717, 1.165) is 6.42 Å². The highest BCUT2D eigenvalue weighted by molar-refractivity contribution is 5.88. The topological polar surface area (TPSA) is 69.7 Å². The zero-order chi connectivity index (χ0) is 12.1. The molecule has 1 saturated heterocycles. The summed E-state index contributed by atoms with van der Waals surface area (Å²) in [6.45, 7) is 5.73. The van der Waals surface area contributed by atoms with Gasteiger partial charge in [-0.2, -0.15) is 0 Å². The molecule has 5 heteroatoms. The van der Waals surface area contributed by atoms with Gasteiger partial charge in [-0.3, -0.25) is 4.90 Å². The van der Waals surface area contributed by atoms with Crippen LogP contribution in [0.1, 0.15) is 33.6 Å². The number of likely N-dealkylation sites (tertiary alicyclic amines) is 1. The molecule has 0 radical (unpaired) electrons. The molecule has 1 amide bonds. The summed E-state index contributed by atoms with van der Waals surface area (Å²) in [5.74, 6) is -1.09. The van der Waals surface area contributed by atoms with Crippen molar-refractivity contribution < 1.29 is 19.4 Å². The largest absolute Gasteiger partial charge is 0.548 e. The zero-order valence-electron chi connectivity index (χ0n) is 9.78. The lowest BCUT2D eigenvalue weighted by Gasteiger charge is -2.31. The van der Waals surface area contributed by atoms with Gasteiger partial charge in [-0.05, 0) is 39.5 Å². The quantitative estimate of drug-likeness (QED) is 0.637. The van der Waals surface area contributed by atoms with Crippen molar-refractivity contribution in [3.05, 3.63) is 0 Å². The van der Waals surface area contributed by atoms with Crippen LogP contribution in [0.4, 0.5) is 4.79 Å². The van der Waals surface area contributed by atoms with Crippen LogP contribution in [0.25, 0.3) is 0 Å². The molecule has 2 atom stereocenters. The molecular weight excluding hydrogens is 210 g/mol. The van der Waals surface area contributed by atoms with Crippen molar-refractivity contribution in [2.45, 2.75) is 44.8 Å². The van der Waals surface area contributed by atoms with Crippen LogP contribution in [0.3, 0.4) is 0 Å². The van der Waals surface area contributed by atoms with Gasteiger partial charge >= 0.3 is 6.09 Å². The average Bonchev–Trinajstić information content (AvgIpc) is 2.70. The molecule has 5 nitrogen and oxygen atoms in total. The van der Waals surface area contributed by atoms with Crippen molar-refractivity contribution >= 4 is 12.1 Å². The molecule has 16 heavy (non-hydrogen) atoms. The standard InChI is InChI=1S/C11H17NO4/c1-10(2,3)16-9(15)12-5-4-7-6-11(7,12)8(13)14/h7H,4-6H2,1-3H3,(H,13,14)/p-1. The van der Waals surface area contributed by atoms with E-state index in [0.29, 0.717) is 13.0 Å². The Bertz CT molecular complexity index is 346. The van der Waals surface area contributed by atoms with Crippen LogP contribution < -0.4 is 5.11 Å². The van der Waals surface area contributed by atoms with E-state index in [-0.39, 0.29) is 5.92 Å². The van der Waals surface area contributed by atoms with Crippen LogP contribution in [-0.4, -0.2) is 34.6 Å². The summed E-state index contributed by atoms with van der Waals surface area (Å²) in [4.78, 5) is 24.2. The van der Waals surface area contributed by atoms with E-state index < -0.39 is 23.2 Å². The second-order valence-electron chi connectivity index (χ2n) is 5.53. The fourth-order valence-electron chi connectivity index (χ4n) is 2.40. The highest BCUT2D eigenvalue weighted by atomic mass is 16.6. The first-order chi connectivity index (χ1) is 7.27. The van der Waals surface area contributed by atoms with E-state index in [2.05, 4.69) is 0 Å². The molecular formula is C11H16NO4-. The monoisotopic (exact) mass is 226 g/mol. The number of nitrogens with zero attached hydrogens (tertiary/aromatic N) is 1. The van der Waals surface area contributed by atoms with E-state index in [1.807, 2.05) is 0 Å². The third-order valence-corrected chi connectivity index (χ3v) is 3.22. The molecule has 1 heterocycles. The lowest BCUT2D eigenvalue weighted by atomic mass is 10.2. The minimum atomic E-state index is -1.15. The van der Waals surface area contributed by atoms with Crippen molar-refractivity contribution in [1.29, 1.82) is 0 Å². The summed E-state index contributed by atoms with van der Waals surface area (Å²) in [7, 11) is 0. The van der Waals surface area contributed by atoms with Crippen molar-refractivity contribution in [3.8, 4) is 0 Å². The molecule has 2 unspecified atom stereocenters. The van der Waals surface area contributed by atoms with E-state index in [1.165, 1.54) is 4.90 Å². The van der Waals surface area contributed by atoms with E-state index >= 15 is 0 Å². The second-order valence-corrected chi connectivity index (χ2v) is 5.53. The van der Waals surface area contributed by atoms with Gasteiger partial charge in [0.1, 0.15) is 5.60 Å². The van der Waals surface area contributed by atoms with Crippen LogP contribution in [0.15, 0.2) is 0 Å². The third-order valence-electron chi connectivity index (χ3n) is 3.22. The second kappa shape index (κ2) is 3.12. The van der Waals surface area contributed by atoms with Gasteiger partial charge in [0.05, 0.1) is 11.5 Å². The van der Waals surface area contributed by atoms with E-state index in [1.54, 1.807) is 20.8 Å². The van der Waals surface area contributed by atoms with Crippen LogP contribution in [-0.2, 0) is 9.53 Å². The fourth-order valence-corrected chi connectivity index (χ4v) is 2.40. The summed E-state index contributed by atoms with van der Waals surface area (Å²) < 4.78 is 5.19. The molecule has 0 spiro atoms. The molecule has 0 bridgehead atoms. The maximum absolute atomic E-state index is 11.8. The smallest absolute Gasteiger partial charge is 0.411 e. The number of carboxylic acid groups (broad SMARTS) is 1. The number of carboxylic acids is 1. The Morgan fingerprint density at radius 3 is 2.50 bits per heavy atom. The maximum Gasteiger partial charge on any atom is 0.411 e. The Labute approximate surface area is 94.4 Å². The number of aliphatic carboxylic acids is 1. The Balaban J connectivity index is 2.11. The molecule has 2 aliphatic rings. The van der Waals surface area contributed by atoms with Gasteiger partial charge in [0.15, 0.2) is 0 Å². The first-order valence-electron chi connectivity index (χ1n) is 5.49. The zero-order valence-corrected chi connectivity index (χ0v) is 9.78. The van der Waals surface area contributed by atoms with Crippen molar-refractivity contribution in [1.82, 2.24) is 4.90 Å². The van der Waals surface area contributed by atoms with Crippen LogP contribution in [0.5, 0.6) is 0 Å². The first-order valence-corrected chi connectivity index (χ1v) is 5.49. The Hall–Kier alpha value is -1.26. The highest BCUT2D eigenvalue weighted by Gasteiger charge is 2.65. The summed E-state index contributed by atoms with van der Waals surface area (Å²) in [6.07, 6.45) is 0.693. The number of piperidine rings is 1. The fraction of sp³-hybridized carbons (Fsp3) is 0.818. The average molecular weight is 226 g/mol. The number of amides is 1. The number of hydrogen-bond acceptors (Lipinski definition) is 4. The lowest BCUT2D eigenvalue weighted by Crippen LogP contribution is -2.52. The molecule has 1 aliphatic carbocycles. The third kappa shape index (κ3) is 1.54. The predicted octanol–water partition coefficient (Wildman–Crippen LogP) is 0.136. The molecule has 1 saturated carbocycles. The van der Waals surface area contributed by atoms with Crippen LogP contribution in [0.2, 0.25) is 0 Å². The summed E-state index contributed by atoms with van der Waals surface area (Å²) in [5, 5.41) is 11.1. The highest BCUT2D eigenvalue weighted by Crippen LogP contribution is 2.55. The molecule has 0 aromatic heterocycles. The molecule has 2 rings (SSSR count). The van der Waals surface area contributed by atoms with Gasteiger partial charge in [0, 0.05) is 6.54 Å². The van der Waals surface area contributed by atoms with Gasteiger partial charge in [0.25, 0.3) is 0 Å². The van der Waals surface area contributed by atoms with E-state index in [9.17, 15) is 14.7 Å². The van der Waals surface area contributed by atoms with Gasteiger partial charge in [-0.25, -0.2) is 4.79 Å². The number of fused-ring (bicyclic) bond motifs is 1. The summed E-state index contributed by atoms with van der Waals surface area (Å²) >= 11 is 0. The number of ether oxygens (including phenoxy) is 1. The number of rotatable bonds is 1. The van der Waals surface area contributed by atoms with Crippen molar-refractivity contribution in [3.63, 3.8) is 0 Å². The minimum absolute atomic E-state index is 0.0602.